The van der Waals surface area contributed by atoms with Crippen molar-refractivity contribution in [3.63, 3.8) is 0 Å². The number of pyridine rings is 1. The zero-order chi connectivity index (χ0) is 45.2. The van der Waals surface area contributed by atoms with Crippen molar-refractivity contribution in [2.75, 3.05) is 38.2 Å². The van der Waals surface area contributed by atoms with Gasteiger partial charge in [0.05, 0.1) is 47.3 Å². The van der Waals surface area contributed by atoms with Crippen LogP contribution in [0.1, 0.15) is 126 Å². The number of halogens is 1. The van der Waals surface area contributed by atoms with Crippen LogP contribution in [0.2, 0.25) is 0 Å². The number of hydrogen-bond acceptors (Lipinski definition) is 10. The predicted octanol–water partition coefficient (Wildman–Crippen LogP) is 5.87. The number of carbonyl (C=O) groups excluding carboxylic acids is 5. The smallest absolute Gasteiger partial charge is 0.262 e. The number of piperidine rings is 1. The highest BCUT2D eigenvalue weighted by molar-refractivity contribution is 6.23. The topological polar surface area (TPSA) is 156 Å². The average molecular weight is 868 g/mol. The van der Waals surface area contributed by atoms with Crippen LogP contribution in [0.15, 0.2) is 42.5 Å². The Morgan fingerprint density at radius 3 is 2.23 bits per heavy atom. The van der Waals surface area contributed by atoms with Crippen molar-refractivity contribution in [2.24, 2.45) is 22.7 Å². The maximum Gasteiger partial charge on any atom is 0.262 e. The Bertz CT molecular complexity index is 2560. The molecule has 0 radical (unpaired) electrons. The van der Waals surface area contributed by atoms with Crippen LogP contribution >= 0.6 is 0 Å². The van der Waals surface area contributed by atoms with Gasteiger partial charge in [-0.2, -0.15) is 5.26 Å². The van der Waals surface area contributed by atoms with Crippen molar-refractivity contribution in [2.45, 2.75) is 104 Å². The Hall–Kier alpha value is -6.12. The zero-order valence-corrected chi connectivity index (χ0v) is 37.1. The van der Waals surface area contributed by atoms with Crippen LogP contribution in [0.25, 0.3) is 0 Å². The number of carbonyl (C=O) groups is 5. The van der Waals surface area contributed by atoms with Gasteiger partial charge in [0, 0.05) is 50.6 Å². The molecule has 1 aromatic heterocycles. The molecule has 2 saturated carbocycles. The second-order valence-corrected chi connectivity index (χ2v) is 19.5. The summed E-state index contributed by atoms with van der Waals surface area (Å²) >= 11 is 0. The van der Waals surface area contributed by atoms with Crippen molar-refractivity contribution in [1.29, 1.82) is 5.26 Å². The molecule has 5 heterocycles. The standard InChI is InChI=1S/C50H54FN7O6/c1-49(2)42(18-10-30-6-11-31(27-52)41(24-30)64-5)50(3,4)48(49)57-28-38-34(45(57)61)16-13-32(53-38)12-7-29-8-14-33(15-9-29)55-20-22-56(23-21-55)40-26-36-35(25-37(40)51)46(62)58(47(36)63)39-17-19-43(59)54-44(39)60/h6,11,13,16,24-26,29,33,39,42,48H,8-10,14-15,17-23,28H2,1-5H3,(H,54,59,60)/t29-,33-,39?,42-,48-. The zero-order valence-electron chi connectivity index (χ0n) is 37.1. The Balaban J connectivity index is 0.768. The lowest BCUT2D eigenvalue weighted by Gasteiger charge is -2.67. The first kappa shape index (κ1) is 43.1. The summed E-state index contributed by atoms with van der Waals surface area (Å²) in [5.74, 6) is 4.96. The molecule has 3 aromatic rings. The number of benzene rings is 2. The van der Waals surface area contributed by atoms with Crippen LogP contribution < -0.4 is 15.0 Å². The van der Waals surface area contributed by atoms with E-state index >= 15 is 4.39 Å². The lowest BCUT2D eigenvalue weighted by atomic mass is 9.43. The van der Waals surface area contributed by atoms with Gasteiger partial charge in [0.25, 0.3) is 17.7 Å². The van der Waals surface area contributed by atoms with E-state index in [9.17, 15) is 29.2 Å². The number of fused-ring (bicyclic) bond motifs is 2. The molecule has 2 aromatic carbocycles. The van der Waals surface area contributed by atoms with Gasteiger partial charge in [-0.3, -0.25) is 39.1 Å². The fourth-order valence-electron chi connectivity index (χ4n) is 12.3. The Morgan fingerprint density at radius 1 is 0.859 bits per heavy atom. The van der Waals surface area contributed by atoms with Crippen molar-refractivity contribution in [3.05, 3.63) is 87.5 Å². The molecule has 13 nitrogen and oxygen atoms in total. The Labute approximate surface area is 373 Å². The first-order valence-electron chi connectivity index (χ1n) is 22.5. The molecule has 0 bridgehead atoms. The number of ether oxygens (including phenoxy) is 1. The van der Waals surface area contributed by atoms with E-state index in [4.69, 9.17) is 9.72 Å². The molecule has 64 heavy (non-hydrogen) atoms. The van der Waals surface area contributed by atoms with Crippen LogP contribution in [0, 0.1) is 51.7 Å². The minimum atomic E-state index is -1.10. The van der Waals surface area contributed by atoms with E-state index in [1.165, 1.54) is 6.07 Å². The van der Waals surface area contributed by atoms with E-state index in [1.54, 1.807) is 7.11 Å². The summed E-state index contributed by atoms with van der Waals surface area (Å²) < 4.78 is 21.0. The number of imide groups is 2. The van der Waals surface area contributed by atoms with E-state index in [0.29, 0.717) is 54.2 Å². The maximum atomic E-state index is 15.5. The first-order chi connectivity index (χ1) is 30.6. The summed E-state index contributed by atoms with van der Waals surface area (Å²) in [6.45, 7) is 12.1. The highest BCUT2D eigenvalue weighted by atomic mass is 19.1. The molecule has 9 rings (SSSR count). The summed E-state index contributed by atoms with van der Waals surface area (Å²) in [5.41, 5.74) is 3.84. The number of aryl methyl sites for hydroxylation is 1. The number of aromatic nitrogens is 1. The molecule has 332 valence electrons. The quantitative estimate of drug-likeness (QED) is 0.215. The number of nitrogens with one attached hydrogen (secondary N) is 1. The summed E-state index contributed by atoms with van der Waals surface area (Å²) in [5, 5.41) is 11.6. The number of nitrogens with zero attached hydrogens (tertiary/aromatic N) is 6. The van der Waals surface area contributed by atoms with Gasteiger partial charge in [0.2, 0.25) is 11.8 Å². The average Bonchev–Trinajstić information content (AvgIpc) is 3.71. The largest absolute Gasteiger partial charge is 0.495 e. The lowest BCUT2D eigenvalue weighted by molar-refractivity contribution is -0.170. The number of rotatable bonds is 8. The van der Waals surface area contributed by atoms with Gasteiger partial charge >= 0.3 is 0 Å². The summed E-state index contributed by atoms with van der Waals surface area (Å²) in [7, 11) is 1.59. The van der Waals surface area contributed by atoms with Gasteiger partial charge in [-0.05, 0) is 110 Å². The van der Waals surface area contributed by atoms with E-state index in [0.717, 1.165) is 73.8 Å². The van der Waals surface area contributed by atoms with E-state index in [1.807, 2.05) is 40.1 Å². The normalized spacial score (nSPS) is 26.1. The Kier molecular flexibility index (Phi) is 11.1. The number of anilines is 1. The molecular weight excluding hydrogens is 814 g/mol. The second-order valence-electron chi connectivity index (χ2n) is 19.5. The maximum absolute atomic E-state index is 15.5. The van der Waals surface area contributed by atoms with E-state index < -0.39 is 35.5 Å². The van der Waals surface area contributed by atoms with Gasteiger partial charge in [-0.15, -0.1) is 0 Å². The second kappa shape index (κ2) is 16.5. The third-order valence-electron chi connectivity index (χ3n) is 15.2. The summed E-state index contributed by atoms with van der Waals surface area (Å²) in [4.78, 5) is 76.7. The van der Waals surface area contributed by atoms with Crippen molar-refractivity contribution in [3.8, 4) is 23.7 Å². The number of hydrogen-bond donors (Lipinski definition) is 1. The fraction of sp³-hybridized carbons (Fsp3) is 0.500. The SMILES string of the molecule is COc1cc(CC[C@H]2C(C)(C)[C@H](N3Cc4nc(C#C[C@H]5CC[C@H](N6CCN(c7cc8c(cc7F)C(=O)N(C7CCC(=O)NC7=O)C8=O)CC6)CC5)ccc4C3=O)C2(C)C)ccc1C#N. The van der Waals surface area contributed by atoms with Crippen molar-refractivity contribution < 1.29 is 33.1 Å². The number of nitriles is 1. The van der Waals surface area contributed by atoms with Gasteiger partial charge in [0.1, 0.15) is 29.4 Å². The molecule has 1 unspecified atom stereocenters. The molecular formula is C50H54FN7O6. The van der Waals surface area contributed by atoms with Crippen LogP contribution in [0.4, 0.5) is 10.1 Å². The number of methoxy groups -OCH3 is 1. The third-order valence-corrected chi connectivity index (χ3v) is 15.2. The third kappa shape index (κ3) is 7.39. The van der Waals surface area contributed by atoms with E-state index in [-0.39, 0.29) is 58.4 Å². The van der Waals surface area contributed by atoms with Crippen molar-refractivity contribution in [1.82, 2.24) is 25.0 Å². The van der Waals surface area contributed by atoms with Crippen LogP contribution in [-0.4, -0.2) is 101 Å². The highest BCUT2D eigenvalue weighted by Gasteiger charge is 2.64. The minimum Gasteiger partial charge on any atom is -0.495 e. The molecule has 4 aliphatic heterocycles. The Morgan fingerprint density at radius 2 is 1.56 bits per heavy atom. The molecule has 14 heteroatoms. The highest BCUT2D eigenvalue weighted by Crippen LogP contribution is 2.63. The molecule has 2 aliphatic carbocycles. The molecule has 6 aliphatic rings. The van der Waals surface area contributed by atoms with Gasteiger partial charge < -0.3 is 14.5 Å². The predicted molar refractivity (Wildman–Crippen MR) is 234 cm³/mol. The monoisotopic (exact) mass is 867 g/mol. The number of piperazine rings is 1. The summed E-state index contributed by atoms with van der Waals surface area (Å²) in [6.07, 6.45) is 5.78. The molecule has 4 fully saturated rings. The van der Waals surface area contributed by atoms with Crippen LogP contribution in [-0.2, 0) is 22.6 Å². The fourth-order valence-corrected chi connectivity index (χ4v) is 12.3. The van der Waals surface area contributed by atoms with Gasteiger partial charge in [-0.25, -0.2) is 9.37 Å². The van der Waals surface area contributed by atoms with Gasteiger partial charge in [-0.1, -0.05) is 39.7 Å². The number of amides is 5. The first-order valence-corrected chi connectivity index (χ1v) is 22.5. The molecule has 1 atom stereocenters. The van der Waals surface area contributed by atoms with E-state index in [2.05, 4.69) is 55.8 Å². The van der Waals surface area contributed by atoms with Crippen LogP contribution in [0.5, 0.6) is 5.75 Å². The van der Waals surface area contributed by atoms with Crippen molar-refractivity contribution >= 4 is 35.2 Å². The van der Waals surface area contributed by atoms with Crippen LogP contribution in [0.3, 0.4) is 0 Å². The molecule has 1 N–H and O–H groups in total. The lowest BCUT2D eigenvalue weighted by Crippen LogP contribution is -2.69. The molecule has 2 saturated heterocycles. The molecule has 0 spiro atoms. The molecule has 5 amide bonds. The summed E-state index contributed by atoms with van der Waals surface area (Å²) in [6, 6.07) is 13.6. The van der Waals surface area contributed by atoms with Gasteiger partial charge in [0.15, 0.2) is 0 Å². The minimum absolute atomic E-state index is 0.0153.